The smallest absolute Gasteiger partial charge is 0.164 e. The van der Waals surface area contributed by atoms with Gasteiger partial charge in [0.15, 0.2) is 23.3 Å². The van der Waals surface area contributed by atoms with Crippen molar-refractivity contribution in [2.45, 2.75) is 13.8 Å². The highest BCUT2D eigenvalue weighted by molar-refractivity contribution is 6.11. The standard InChI is InChI=1S/C57H40N6/c1-37-31-38(2)33-45(32-37)43-27-29-52-47(34-43)46-25-15-16-26-51(46)63(52)53-30-28-44(57-61-55(41-21-11-5-12-22-41)60-56(62-57)42-23-13-6-14-24-42)35-48(53)50-36-49(39-17-7-3-8-18-39)58-54(59-50)40-19-9-4-10-20-40/h3-36H,1-2H3. The number of aromatic nitrogens is 6. The Balaban J connectivity index is 1.19. The van der Waals surface area contributed by atoms with Gasteiger partial charge in [0.2, 0.25) is 0 Å². The van der Waals surface area contributed by atoms with Gasteiger partial charge >= 0.3 is 0 Å². The molecule has 0 bridgehead atoms. The van der Waals surface area contributed by atoms with Gasteiger partial charge in [-0.25, -0.2) is 24.9 Å². The molecule has 6 heteroatoms. The zero-order valence-corrected chi connectivity index (χ0v) is 34.8. The molecule has 0 aliphatic carbocycles. The van der Waals surface area contributed by atoms with Crippen LogP contribution >= 0.6 is 0 Å². The molecule has 6 nitrogen and oxygen atoms in total. The summed E-state index contributed by atoms with van der Waals surface area (Å²) in [6, 6.07) is 71.6. The first kappa shape index (κ1) is 37.6. The number of aryl methyl sites for hydroxylation is 2. The van der Waals surface area contributed by atoms with E-state index in [1.807, 2.05) is 97.1 Å². The fourth-order valence-corrected chi connectivity index (χ4v) is 8.62. The fourth-order valence-electron chi connectivity index (χ4n) is 8.62. The third kappa shape index (κ3) is 7.23. The van der Waals surface area contributed by atoms with Crippen LogP contribution in [-0.4, -0.2) is 29.5 Å². The van der Waals surface area contributed by atoms with E-state index in [2.05, 4.69) is 128 Å². The summed E-state index contributed by atoms with van der Waals surface area (Å²) >= 11 is 0. The molecule has 0 saturated heterocycles. The summed E-state index contributed by atoms with van der Waals surface area (Å²) in [6.45, 7) is 4.32. The molecule has 63 heavy (non-hydrogen) atoms. The van der Waals surface area contributed by atoms with Crippen LogP contribution in [0.15, 0.2) is 206 Å². The summed E-state index contributed by atoms with van der Waals surface area (Å²) in [5.41, 5.74) is 15.2. The van der Waals surface area contributed by atoms with Crippen molar-refractivity contribution >= 4 is 21.8 Å². The zero-order chi connectivity index (χ0) is 42.3. The number of nitrogens with zero attached hydrogens (tertiary/aromatic N) is 6. The van der Waals surface area contributed by atoms with Crippen LogP contribution in [-0.2, 0) is 0 Å². The molecule has 298 valence electrons. The lowest BCUT2D eigenvalue weighted by molar-refractivity contribution is 1.07. The third-order valence-electron chi connectivity index (χ3n) is 11.5. The van der Waals surface area contributed by atoms with E-state index < -0.39 is 0 Å². The Kier molecular flexibility index (Phi) is 9.51. The van der Waals surface area contributed by atoms with Gasteiger partial charge in [-0.1, -0.05) is 175 Å². The molecule has 0 aliphatic rings. The van der Waals surface area contributed by atoms with E-state index in [-0.39, 0.29) is 0 Å². The largest absolute Gasteiger partial charge is 0.309 e. The molecular formula is C57H40N6. The molecule has 11 aromatic rings. The quantitative estimate of drug-likeness (QED) is 0.153. The van der Waals surface area contributed by atoms with Crippen molar-refractivity contribution in [1.29, 1.82) is 0 Å². The van der Waals surface area contributed by atoms with Gasteiger partial charge in [-0.2, -0.15) is 0 Å². The average Bonchev–Trinajstić information content (AvgIpc) is 3.68. The Morgan fingerprint density at radius 3 is 1.38 bits per heavy atom. The van der Waals surface area contributed by atoms with Gasteiger partial charge in [0.1, 0.15) is 0 Å². The molecule has 0 amide bonds. The summed E-state index contributed by atoms with van der Waals surface area (Å²) < 4.78 is 2.37. The summed E-state index contributed by atoms with van der Waals surface area (Å²) in [7, 11) is 0. The Bertz CT molecular complexity index is 3320. The van der Waals surface area contributed by atoms with Crippen molar-refractivity contribution in [3.63, 3.8) is 0 Å². The molecule has 0 fully saturated rings. The van der Waals surface area contributed by atoms with Crippen LogP contribution in [0, 0.1) is 13.8 Å². The van der Waals surface area contributed by atoms with Crippen LogP contribution in [0.4, 0.5) is 0 Å². The molecule has 8 aromatic carbocycles. The van der Waals surface area contributed by atoms with Crippen molar-refractivity contribution in [3.05, 3.63) is 217 Å². The second kappa shape index (κ2) is 15.9. The molecule has 11 rings (SSSR count). The van der Waals surface area contributed by atoms with E-state index in [0.29, 0.717) is 23.3 Å². The third-order valence-corrected chi connectivity index (χ3v) is 11.5. The van der Waals surface area contributed by atoms with E-state index in [1.165, 1.54) is 33.0 Å². The molecule has 0 atom stereocenters. The normalized spacial score (nSPS) is 11.3. The van der Waals surface area contributed by atoms with Crippen molar-refractivity contribution in [2.75, 3.05) is 0 Å². The molecule has 0 radical (unpaired) electrons. The first-order chi connectivity index (χ1) is 31.0. The lowest BCUT2D eigenvalue weighted by Crippen LogP contribution is -2.03. The monoisotopic (exact) mass is 808 g/mol. The Labute approximate surface area is 365 Å². The maximum atomic E-state index is 5.39. The number of hydrogen-bond donors (Lipinski definition) is 0. The van der Waals surface area contributed by atoms with Gasteiger partial charge in [0.05, 0.1) is 28.1 Å². The van der Waals surface area contributed by atoms with Crippen LogP contribution in [0.2, 0.25) is 0 Å². The fraction of sp³-hybridized carbons (Fsp3) is 0.0351. The molecule has 0 saturated carbocycles. The van der Waals surface area contributed by atoms with Gasteiger partial charge < -0.3 is 4.57 Å². The lowest BCUT2D eigenvalue weighted by Gasteiger charge is -2.17. The van der Waals surface area contributed by atoms with Gasteiger partial charge in [0, 0.05) is 44.2 Å². The SMILES string of the molecule is Cc1cc(C)cc(-c2ccc3c(c2)c2ccccc2n3-c2ccc(-c3nc(-c4ccccc4)nc(-c4ccccc4)n3)cc2-c2cc(-c3ccccc3)nc(-c3ccccc3)n2)c1. The van der Waals surface area contributed by atoms with Gasteiger partial charge in [-0.15, -0.1) is 0 Å². The summed E-state index contributed by atoms with van der Waals surface area (Å²) in [5, 5.41) is 2.34. The maximum absolute atomic E-state index is 5.39. The number of rotatable bonds is 8. The maximum Gasteiger partial charge on any atom is 0.164 e. The Morgan fingerprint density at radius 2 is 0.778 bits per heavy atom. The van der Waals surface area contributed by atoms with E-state index >= 15 is 0 Å². The second-order valence-electron chi connectivity index (χ2n) is 15.9. The molecule has 3 heterocycles. The highest BCUT2D eigenvalue weighted by Crippen LogP contribution is 2.40. The average molecular weight is 809 g/mol. The highest BCUT2D eigenvalue weighted by Gasteiger charge is 2.21. The van der Waals surface area contributed by atoms with Gasteiger partial charge in [0.25, 0.3) is 0 Å². The van der Waals surface area contributed by atoms with Gasteiger partial charge in [-0.3, -0.25) is 0 Å². The number of para-hydroxylation sites is 1. The van der Waals surface area contributed by atoms with Crippen LogP contribution in [0.5, 0.6) is 0 Å². The zero-order valence-electron chi connectivity index (χ0n) is 34.8. The molecular weight excluding hydrogens is 769 g/mol. The predicted octanol–water partition coefficient (Wildman–Crippen LogP) is 14.0. The van der Waals surface area contributed by atoms with Crippen molar-refractivity contribution < 1.29 is 0 Å². The second-order valence-corrected chi connectivity index (χ2v) is 15.9. The molecule has 3 aromatic heterocycles. The summed E-state index contributed by atoms with van der Waals surface area (Å²) in [4.78, 5) is 25.8. The van der Waals surface area contributed by atoms with Crippen molar-refractivity contribution in [3.8, 4) is 84.9 Å². The van der Waals surface area contributed by atoms with E-state index in [0.717, 1.165) is 61.5 Å². The highest BCUT2D eigenvalue weighted by atomic mass is 15.0. The minimum Gasteiger partial charge on any atom is -0.309 e. The number of benzene rings is 8. The minimum absolute atomic E-state index is 0.566. The van der Waals surface area contributed by atoms with Crippen molar-refractivity contribution in [1.82, 2.24) is 29.5 Å². The molecule has 0 aliphatic heterocycles. The number of fused-ring (bicyclic) bond motifs is 3. The first-order valence-corrected chi connectivity index (χ1v) is 21.2. The number of hydrogen-bond acceptors (Lipinski definition) is 5. The molecule has 0 spiro atoms. The van der Waals surface area contributed by atoms with E-state index in [9.17, 15) is 0 Å². The first-order valence-electron chi connectivity index (χ1n) is 21.2. The molecule has 0 unspecified atom stereocenters. The van der Waals surface area contributed by atoms with Crippen LogP contribution in [0.1, 0.15) is 11.1 Å². The van der Waals surface area contributed by atoms with E-state index in [1.54, 1.807) is 0 Å². The predicted molar refractivity (Wildman–Crippen MR) is 257 cm³/mol. The Hall–Kier alpha value is -8.35. The summed E-state index contributed by atoms with van der Waals surface area (Å²) in [6.07, 6.45) is 0. The van der Waals surface area contributed by atoms with Crippen LogP contribution in [0.3, 0.4) is 0 Å². The van der Waals surface area contributed by atoms with Crippen LogP contribution in [0.25, 0.3) is 107 Å². The van der Waals surface area contributed by atoms with Gasteiger partial charge in [-0.05, 0) is 67.4 Å². The lowest BCUT2D eigenvalue weighted by atomic mass is 9.99. The van der Waals surface area contributed by atoms with Crippen molar-refractivity contribution in [2.24, 2.45) is 0 Å². The molecule has 0 N–H and O–H groups in total. The minimum atomic E-state index is 0.566. The van der Waals surface area contributed by atoms with Crippen LogP contribution < -0.4 is 0 Å². The Morgan fingerprint density at radius 1 is 0.302 bits per heavy atom. The van der Waals surface area contributed by atoms with E-state index in [4.69, 9.17) is 24.9 Å². The topological polar surface area (TPSA) is 69.4 Å². The summed E-state index contributed by atoms with van der Waals surface area (Å²) in [5.74, 6) is 2.41.